The molecule has 0 saturated carbocycles. The number of thiophene rings is 1. The normalized spacial score (nSPS) is 15.0. The van der Waals surface area contributed by atoms with E-state index in [0.717, 1.165) is 20.2 Å². The van der Waals surface area contributed by atoms with Crippen molar-refractivity contribution >= 4 is 29.2 Å². The molecule has 1 saturated heterocycles. The summed E-state index contributed by atoms with van der Waals surface area (Å²) in [6.45, 7) is 0.356. The number of rotatable bonds is 5. The lowest BCUT2D eigenvalue weighted by Crippen LogP contribution is -2.34. The molecule has 1 aliphatic heterocycles. The zero-order chi connectivity index (χ0) is 15.5. The lowest BCUT2D eigenvalue weighted by Gasteiger charge is -2.15. The van der Waals surface area contributed by atoms with Gasteiger partial charge in [-0.05, 0) is 17.0 Å². The highest BCUT2D eigenvalue weighted by atomic mass is 32.1. The van der Waals surface area contributed by atoms with Crippen LogP contribution in [0, 0.1) is 0 Å². The lowest BCUT2D eigenvalue weighted by atomic mass is 10.2. The number of imide groups is 2. The van der Waals surface area contributed by atoms with E-state index in [1.165, 1.54) is 0 Å². The van der Waals surface area contributed by atoms with E-state index in [4.69, 9.17) is 0 Å². The number of carbonyl (C=O) groups is 3. The number of benzene rings is 1. The molecular weight excluding hydrogens is 300 g/mol. The monoisotopic (exact) mass is 314 g/mol. The topological polar surface area (TPSA) is 57.7 Å². The second-order valence-corrected chi connectivity index (χ2v) is 5.98. The number of nitrogens with zero attached hydrogens (tertiary/aromatic N) is 2. The summed E-state index contributed by atoms with van der Waals surface area (Å²) in [5, 5.41) is 1.94. The van der Waals surface area contributed by atoms with Crippen molar-refractivity contribution in [2.75, 3.05) is 6.54 Å². The number of carbonyl (C=O) groups excluding carboxylic acids is 3. The molecule has 1 aromatic carbocycles. The molecule has 22 heavy (non-hydrogen) atoms. The first-order valence-electron chi connectivity index (χ1n) is 6.90. The van der Waals surface area contributed by atoms with Gasteiger partial charge in [0.1, 0.15) is 0 Å². The van der Waals surface area contributed by atoms with Gasteiger partial charge in [0.05, 0.1) is 6.54 Å². The summed E-state index contributed by atoms with van der Waals surface area (Å²) < 4.78 is 0. The van der Waals surface area contributed by atoms with Gasteiger partial charge in [0, 0.05) is 17.8 Å². The van der Waals surface area contributed by atoms with Gasteiger partial charge in [-0.15, -0.1) is 11.3 Å². The molecule has 4 amide bonds. The molecule has 2 aromatic rings. The van der Waals surface area contributed by atoms with Crippen LogP contribution in [0.5, 0.6) is 0 Å². The van der Waals surface area contributed by atoms with Crippen LogP contribution in [-0.4, -0.2) is 34.2 Å². The van der Waals surface area contributed by atoms with E-state index >= 15 is 0 Å². The zero-order valence-electron chi connectivity index (χ0n) is 11.8. The second-order valence-electron chi connectivity index (χ2n) is 4.95. The molecule has 2 heterocycles. The maximum atomic E-state index is 12.3. The molecule has 1 aromatic heterocycles. The van der Waals surface area contributed by atoms with Crippen molar-refractivity contribution in [2.24, 2.45) is 0 Å². The fourth-order valence-corrected chi connectivity index (χ4v) is 3.03. The van der Waals surface area contributed by atoms with E-state index in [2.05, 4.69) is 0 Å². The molecule has 6 heteroatoms. The van der Waals surface area contributed by atoms with Crippen LogP contribution in [0.15, 0.2) is 47.8 Å². The smallest absolute Gasteiger partial charge is 0.263 e. The van der Waals surface area contributed by atoms with Crippen LogP contribution in [0.2, 0.25) is 0 Å². The molecule has 0 atom stereocenters. The highest BCUT2D eigenvalue weighted by molar-refractivity contribution is 7.09. The molecule has 0 spiro atoms. The number of amides is 4. The van der Waals surface area contributed by atoms with Crippen molar-refractivity contribution in [3.05, 3.63) is 58.3 Å². The average molecular weight is 314 g/mol. The van der Waals surface area contributed by atoms with Gasteiger partial charge in [0.25, 0.3) is 0 Å². The minimum Gasteiger partial charge on any atom is -0.263 e. The molecule has 1 aliphatic rings. The largest absolute Gasteiger partial charge is 0.334 e. The Morgan fingerprint density at radius 3 is 2.27 bits per heavy atom. The molecule has 5 nitrogen and oxygen atoms in total. The summed E-state index contributed by atoms with van der Waals surface area (Å²) in [7, 11) is 0. The molecule has 112 valence electrons. The SMILES string of the molecule is O=C1C(=O)N(Cc2ccccc2)C(=O)N1CCc1cccs1. The van der Waals surface area contributed by atoms with Crippen LogP contribution in [-0.2, 0) is 22.6 Å². The first-order valence-corrected chi connectivity index (χ1v) is 7.78. The van der Waals surface area contributed by atoms with E-state index in [0.29, 0.717) is 6.42 Å². The molecular formula is C16H14N2O3S. The first kappa shape index (κ1) is 14.5. The van der Waals surface area contributed by atoms with Crippen LogP contribution < -0.4 is 0 Å². The van der Waals surface area contributed by atoms with Crippen LogP contribution in [0.1, 0.15) is 10.4 Å². The molecule has 0 radical (unpaired) electrons. The Bertz CT molecular complexity index is 697. The predicted octanol–water partition coefficient (Wildman–Crippen LogP) is 2.28. The minimum absolute atomic E-state index is 0.125. The highest BCUT2D eigenvalue weighted by Gasteiger charge is 2.43. The third-order valence-corrected chi connectivity index (χ3v) is 4.42. The minimum atomic E-state index is -0.750. The average Bonchev–Trinajstić information content (AvgIpc) is 3.11. The van der Waals surface area contributed by atoms with Crippen molar-refractivity contribution in [3.8, 4) is 0 Å². The van der Waals surface area contributed by atoms with Gasteiger partial charge in [-0.3, -0.25) is 19.4 Å². The summed E-state index contributed by atoms with van der Waals surface area (Å²) >= 11 is 1.57. The fourth-order valence-electron chi connectivity index (χ4n) is 2.33. The molecule has 0 aliphatic carbocycles. The van der Waals surface area contributed by atoms with Crippen molar-refractivity contribution < 1.29 is 14.4 Å². The van der Waals surface area contributed by atoms with Crippen LogP contribution in [0.25, 0.3) is 0 Å². The third kappa shape index (κ3) is 2.78. The summed E-state index contributed by atoms with van der Waals surface area (Å²) in [6, 6.07) is 12.5. The van der Waals surface area contributed by atoms with Gasteiger partial charge in [-0.25, -0.2) is 4.79 Å². The third-order valence-electron chi connectivity index (χ3n) is 3.48. The summed E-state index contributed by atoms with van der Waals surface area (Å²) in [5.41, 5.74) is 0.817. The van der Waals surface area contributed by atoms with Crippen molar-refractivity contribution in [3.63, 3.8) is 0 Å². The number of hydrogen-bond donors (Lipinski definition) is 0. The van der Waals surface area contributed by atoms with E-state index in [-0.39, 0.29) is 13.1 Å². The molecule has 1 fully saturated rings. The lowest BCUT2D eigenvalue weighted by molar-refractivity contribution is -0.143. The zero-order valence-corrected chi connectivity index (χ0v) is 12.6. The quantitative estimate of drug-likeness (QED) is 0.628. The Balaban J connectivity index is 1.70. The van der Waals surface area contributed by atoms with Crippen molar-refractivity contribution in [1.82, 2.24) is 9.80 Å². The van der Waals surface area contributed by atoms with Gasteiger partial charge in [0.15, 0.2) is 0 Å². The van der Waals surface area contributed by atoms with E-state index in [1.54, 1.807) is 11.3 Å². The van der Waals surface area contributed by atoms with Gasteiger partial charge in [-0.2, -0.15) is 0 Å². The summed E-state index contributed by atoms with van der Waals surface area (Å²) in [5.74, 6) is -1.49. The van der Waals surface area contributed by atoms with Crippen molar-refractivity contribution in [2.45, 2.75) is 13.0 Å². The first-order chi connectivity index (χ1) is 10.7. The predicted molar refractivity (Wildman–Crippen MR) is 82.1 cm³/mol. The van der Waals surface area contributed by atoms with Crippen LogP contribution >= 0.6 is 11.3 Å². The standard InChI is InChI=1S/C16H14N2O3S/c19-14-15(20)18(11-12-5-2-1-3-6-12)16(21)17(14)9-8-13-7-4-10-22-13/h1-7,10H,8-9,11H2. The molecule has 0 bridgehead atoms. The second kappa shape index (κ2) is 6.11. The Kier molecular flexibility index (Phi) is 4.02. The van der Waals surface area contributed by atoms with E-state index in [1.807, 2.05) is 47.8 Å². The molecule has 0 unspecified atom stereocenters. The van der Waals surface area contributed by atoms with Crippen LogP contribution in [0.4, 0.5) is 4.79 Å². The van der Waals surface area contributed by atoms with Gasteiger partial charge in [0.2, 0.25) is 0 Å². The van der Waals surface area contributed by atoms with Gasteiger partial charge in [-0.1, -0.05) is 36.4 Å². The van der Waals surface area contributed by atoms with Gasteiger partial charge >= 0.3 is 17.8 Å². The molecule has 3 rings (SSSR count). The van der Waals surface area contributed by atoms with Crippen molar-refractivity contribution in [1.29, 1.82) is 0 Å². The molecule has 0 N–H and O–H groups in total. The summed E-state index contributed by atoms with van der Waals surface area (Å²) in [4.78, 5) is 39.4. The number of urea groups is 1. The maximum Gasteiger partial charge on any atom is 0.334 e. The highest BCUT2D eigenvalue weighted by Crippen LogP contribution is 2.17. The Hall–Kier alpha value is -2.47. The van der Waals surface area contributed by atoms with Gasteiger partial charge < -0.3 is 0 Å². The van der Waals surface area contributed by atoms with E-state index < -0.39 is 17.8 Å². The van der Waals surface area contributed by atoms with E-state index in [9.17, 15) is 14.4 Å². The summed E-state index contributed by atoms with van der Waals surface area (Å²) in [6.07, 6.45) is 0.571. The fraction of sp³-hybridized carbons (Fsp3) is 0.188. The number of hydrogen-bond acceptors (Lipinski definition) is 4. The Labute approximate surface area is 131 Å². The Morgan fingerprint density at radius 1 is 0.864 bits per heavy atom. The Morgan fingerprint density at radius 2 is 1.59 bits per heavy atom. The van der Waals surface area contributed by atoms with Crippen LogP contribution in [0.3, 0.4) is 0 Å². The maximum absolute atomic E-state index is 12.3.